The molecule has 112 valence electrons. The number of nitrogens with two attached hydrogens (primary N) is 1. The smallest absolute Gasteiger partial charge is 0.134 e. The van der Waals surface area contributed by atoms with Crippen LogP contribution in [0.15, 0.2) is 53.4 Å². The molecule has 0 saturated carbocycles. The van der Waals surface area contributed by atoms with Crippen molar-refractivity contribution in [2.75, 3.05) is 19.5 Å². The maximum absolute atomic E-state index is 12.3. The van der Waals surface area contributed by atoms with Gasteiger partial charge in [0.2, 0.25) is 0 Å². The molecule has 0 saturated heterocycles. The molecule has 0 radical (unpaired) electrons. The molecule has 1 unspecified atom stereocenters. The van der Waals surface area contributed by atoms with Crippen LogP contribution in [0.1, 0.15) is 5.56 Å². The standard InChI is InChI=1S/C16H19NO3S/c1-19-15-8-4-5-9-16(15)21(18)11-10-20-14-7-3-2-6-13(14)12-17/h2-9H,10-12,17H2,1H3. The van der Waals surface area contributed by atoms with Crippen LogP contribution < -0.4 is 15.2 Å². The molecule has 0 spiro atoms. The lowest BCUT2D eigenvalue weighted by molar-refractivity contribution is 0.339. The summed E-state index contributed by atoms with van der Waals surface area (Å²) in [5, 5.41) is 0. The van der Waals surface area contributed by atoms with Crippen molar-refractivity contribution < 1.29 is 13.7 Å². The normalized spacial score (nSPS) is 11.9. The van der Waals surface area contributed by atoms with Crippen LogP contribution in [0, 0.1) is 0 Å². The predicted octanol–water partition coefficient (Wildman–Crippen LogP) is 2.34. The molecule has 4 nitrogen and oxygen atoms in total. The van der Waals surface area contributed by atoms with Crippen LogP contribution in [0.2, 0.25) is 0 Å². The Morgan fingerprint density at radius 1 is 1.05 bits per heavy atom. The van der Waals surface area contributed by atoms with Crippen LogP contribution in [0.3, 0.4) is 0 Å². The molecule has 0 heterocycles. The summed E-state index contributed by atoms with van der Waals surface area (Å²) in [5.74, 6) is 1.79. The van der Waals surface area contributed by atoms with Gasteiger partial charge in [-0.2, -0.15) is 0 Å². The van der Waals surface area contributed by atoms with E-state index in [1.54, 1.807) is 13.2 Å². The molecule has 2 N–H and O–H groups in total. The van der Waals surface area contributed by atoms with Crippen molar-refractivity contribution in [3.8, 4) is 11.5 Å². The summed E-state index contributed by atoms with van der Waals surface area (Å²) in [7, 11) is 0.415. The molecule has 0 amide bonds. The summed E-state index contributed by atoms with van der Waals surface area (Å²) >= 11 is 0. The van der Waals surface area contributed by atoms with E-state index < -0.39 is 10.8 Å². The number of hydrogen-bond donors (Lipinski definition) is 1. The van der Waals surface area contributed by atoms with Gasteiger partial charge in [0.25, 0.3) is 0 Å². The van der Waals surface area contributed by atoms with Crippen molar-refractivity contribution in [1.82, 2.24) is 0 Å². The number of benzene rings is 2. The molecule has 0 aliphatic heterocycles. The molecule has 0 aliphatic carbocycles. The highest BCUT2D eigenvalue weighted by molar-refractivity contribution is 7.85. The van der Waals surface area contributed by atoms with E-state index in [-0.39, 0.29) is 0 Å². The van der Waals surface area contributed by atoms with Gasteiger partial charge in [-0.25, -0.2) is 0 Å². The number of ether oxygens (including phenoxy) is 2. The Kier molecular flexibility index (Phi) is 5.78. The molecule has 2 aromatic carbocycles. The van der Waals surface area contributed by atoms with Crippen molar-refractivity contribution in [1.29, 1.82) is 0 Å². The molecule has 0 aliphatic rings. The van der Waals surface area contributed by atoms with Crippen LogP contribution in [-0.2, 0) is 17.3 Å². The summed E-state index contributed by atoms with van der Waals surface area (Å²) in [6.45, 7) is 0.785. The maximum atomic E-state index is 12.3. The van der Waals surface area contributed by atoms with Gasteiger partial charge in [0.05, 0.1) is 28.6 Å². The van der Waals surface area contributed by atoms with Gasteiger partial charge in [0.15, 0.2) is 0 Å². The fraction of sp³-hybridized carbons (Fsp3) is 0.250. The van der Waals surface area contributed by atoms with Crippen LogP contribution in [0.4, 0.5) is 0 Å². The molecule has 0 fully saturated rings. The van der Waals surface area contributed by atoms with E-state index in [4.69, 9.17) is 15.2 Å². The zero-order valence-electron chi connectivity index (χ0n) is 12.0. The summed E-state index contributed by atoms with van der Waals surface area (Å²) in [6.07, 6.45) is 0. The van der Waals surface area contributed by atoms with Crippen molar-refractivity contribution in [2.24, 2.45) is 5.73 Å². The zero-order valence-corrected chi connectivity index (χ0v) is 12.8. The Labute approximate surface area is 127 Å². The van der Waals surface area contributed by atoms with E-state index in [0.717, 1.165) is 11.3 Å². The van der Waals surface area contributed by atoms with Gasteiger partial charge in [0.1, 0.15) is 18.1 Å². The SMILES string of the molecule is COc1ccccc1S(=O)CCOc1ccccc1CN. The van der Waals surface area contributed by atoms with Crippen molar-refractivity contribution in [3.63, 3.8) is 0 Å². The molecular weight excluding hydrogens is 286 g/mol. The van der Waals surface area contributed by atoms with E-state index in [1.807, 2.05) is 42.5 Å². The van der Waals surface area contributed by atoms with E-state index >= 15 is 0 Å². The van der Waals surface area contributed by atoms with Gasteiger partial charge in [-0.05, 0) is 18.2 Å². The quantitative estimate of drug-likeness (QED) is 0.853. The van der Waals surface area contributed by atoms with Gasteiger partial charge in [-0.1, -0.05) is 30.3 Å². The molecular formula is C16H19NO3S. The second kappa shape index (κ2) is 7.81. The van der Waals surface area contributed by atoms with Gasteiger partial charge < -0.3 is 15.2 Å². The average molecular weight is 305 g/mol. The number of methoxy groups -OCH3 is 1. The third kappa shape index (κ3) is 4.06. The Bertz CT molecular complexity index is 616. The van der Waals surface area contributed by atoms with Crippen LogP contribution in [-0.4, -0.2) is 23.7 Å². The Balaban J connectivity index is 1.95. The first-order valence-corrected chi connectivity index (χ1v) is 8.00. The molecule has 2 rings (SSSR count). The van der Waals surface area contributed by atoms with Crippen LogP contribution in [0.5, 0.6) is 11.5 Å². The van der Waals surface area contributed by atoms with Gasteiger partial charge in [0, 0.05) is 12.1 Å². The van der Waals surface area contributed by atoms with Gasteiger partial charge in [-0.3, -0.25) is 4.21 Å². The molecule has 2 aromatic rings. The fourth-order valence-corrected chi connectivity index (χ4v) is 3.02. The van der Waals surface area contributed by atoms with Gasteiger partial charge in [-0.15, -0.1) is 0 Å². The minimum Gasteiger partial charge on any atom is -0.495 e. The largest absolute Gasteiger partial charge is 0.495 e. The average Bonchev–Trinajstić information content (AvgIpc) is 2.55. The third-order valence-corrected chi connectivity index (χ3v) is 4.40. The first-order valence-electron chi connectivity index (χ1n) is 6.68. The lowest BCUT2D eigenvalue weighted by Gasteiger charge is -2.11. The second-order valence-electron chi connectivity index (χ2n) is 4.36. The fourth-order valence-electron chi connectivity index (χ4n) is 1.96. The summed E-state index contributed by atoms with van der Waals surface area (Å²) < 4.78 is 23.2. The predicted molar refractivity (Wildman–Crippen MR) is 84.1 cm³/mol. The van der Waals surface area contributed by atoms with E-state index in [9.17, 15) is 4.21 Å². The molecule has 21 heavy (non-hydrogen) atoms. The number of hydrogen-bond acceptors (Lipinski definition) is 4. The minimum atomic E-state index is -1.16. The monoisotopic (exact) mass is 305 g/mol. The first-order chi connectivity index (χ1) is 10.3. The van der Waals surface area contributed by atoms with E-state index in [2.05, 4.69) is 0 Å². The van der Waals surface area contributed by atoms with E-state index in [1.165, 1.54) is 0 Å². The summed E-state index contributed by atoms with van der Waals surface area (Å²) in [5.41, 5.74) is 6.60. The third-order valence-electron chi connectivity index (χ3n) is 3.03. The Morgan fingerprint density at radius 3 is 2.43 bits per heavy atom. The van der Waals surface area contributed by atoms with E-state index in [0.29, 0.717) is 29.5 Å². The molecule has 0 aromatic heterocycles. The minimum absolute atomic E-state index is 0.363. The van der Waals surface area contributed by atoms with Crippen molar-refractivity contribution in [2.45, 2.75) is 11.4 Å². The highest BCUT2D eigenvalue weighted by Crippen LogP contribution is 2.22. The Morgan fingerprint density at radius 2 is 1.71 bits per heavy atom. The number of rotatable bonds is 7. The summed E-state index contributed by atoms with van der Waals surface area (Å²) in [4.78, 5) is 0.690. The Hall–Kier alpha value is -1.85. The lowest BCUT2D eigenvalue weighted by Crippen LogP contribution is -2.11. The molecule has 5 heteroatoms. The van der Waals surface area contributed by atoms with Crippen LogP contribution in [0.25, 0.3) is 0 Å². The van der Waals surface area contributed by atoms with Crippen molar-refractivity contribution >= 4 is 10.8 Å². The molecule has 1 atom stereocenters. The highest BCUT2D eigenvalue weighted by Gasteiger charge is 2.10. The van der Waals surface area contributed by atoms with Crippen molar-refractivity contribution in [3.05, 3.63) is 54.1 Å². The summed E-state index contributed by atoms with van der Waals surface area (Å²) in [6, 6.07) is 14.9. The highest BCUT2D eigenvalue weighted by atomic mass is 32.2. The van der Waals surface area contributed by atoms with Gasteiger partial charge >= 0.3 is 0 Å². The van der Waals surface area contributed by atoms with Crippen LogP contribution >= 0.6 is 0 Å². The topological polar surface area (TPSA) is 61.5 Å². The first kappa shape index (κ1) is 15.5. The maximum Gasteiger partial charge on any atom is 0.134 e. The lowest BCUT2D eigenvalue weighted by atomic mass is 10.2. The molecule has 0 bridgehead atoms. The zero-order chi connectivity index (χ0) is 15.1. The number of para-hydroxylation sites is 2. The second-order valence-corrected chi connectivity index (χ2v) is 5.90.